The molecule has 2 atom stereocenters. The molecule has 0 saturated heterocycles. The van der Waals surface area contributed by atoms with Gasteiger partial charge in [-0.2, -0.15) is 0 Å². The summed E-state index contributed by atoms with van der Waals surface area (Å²) in [7, 11) is 0. The number of ether oxygens (including phenoxy) is 2. The smallest absolute Gasteiger partial charge is 0.266 e. The van der Waals surface area contributed by atoms with Crippen molar-refractivity contribution in [3.05, 3.63) is 159 Å². The molecule has 5 aromatic rings. The lowest BCUT2D eigenvalue weighted by molar-refractivity contribution is -0.130. The van der Waals surface area contributed by atoms with E-state index in [2.05, 4.69) is 38.9 Å². The molecule has 5 aromatic carbocycles. The predicted molar refractivity (Wildman–Crippen MR) is 193 cm³/mol. The van der Waals surface area contributed by atoms with Gasteiger partial charge in [-0.3, -0.25) is 10.2 Å². The van der Waals surface area contributed by atoms with Crippen LogP contribution in [0.5, 0.6) is 5.75 Å². The Hall–Kier alpha value is -4.47. The highest BCUT2D eigenvalue weighted by molar-refractivity contribution is 9.10. The van der Waals surface area contributed by atoms with E-state index in [-0.39, 0.29) is 18.9 Å². The molecule has 0 unspecified atom stereocenters. The fourth-order valence-corrected chi connectivity index (χ4v) is 6.18. The van der Waals surface area contributed by atoms with Gasteiger partial charge < -0.3 is 14.6 Å². The van der Waals surface area contributed by atoms with Crippen molar-refractivity contribution in [2.45, 2.75) is 31.0 Å². The summed E-state index contributed by atoms with van der Waals surface area (Å²) >= 11 is 9.77. The summed E-state index contributed by atoms with van der Waals surface area (Å²) in [5, 5.41) is 9.75. The molecular formula is C39H35BrClN3O4. The Morgan fingerprint density at radius 2 is 1.52 bits per heavy atom. The highest BCUT2D eigenvalue weighted by Gasteiger charge is 2.53. The van der Waals surface area contributed by atoms with Crippen LogP contribution in [-0.2, 0) is 22.5 Å². The molecule has 0 fully saturated rings. The zero-order valence-electron chi connectivity index (χ0n) is 26.1. The molecule has 1 heterocycles. The Morgan fingerprint density at radius 1 is 0.854 bits per heavy atom. The summed E-state index contributed by atoms with van der Waals surface area (Å²) in [5.41, 5.74) is 10.2. The van der Waals surface area contributed by atoms with E-state index in [1.165, 1.54) is 0 Å². The number of benzene rings is 5. The van der Waals surface area contributed by atoms with Gasteiger partial charge in [-0.25, -0.2) is 10.4 Å². The number of rotatable bonds is 13. The number of aliphatic hydroxyl groups is 1. The van der Waals surface area contributed by atoms with Crippen LogP contribution in [-0.4, -0.2) is 35.7 Å². The molecule has 0 bridgehead atoms. The van der Waals surface area contributed by atoms with E-state index in [0.29, 0.717) is 41.8 Å². The van der Waals surface area contributed by atoms with E-state index in [9.17, 15) is 4.79 Å². The summed E-state index contributed by atoms with van der Waals surface area (Å²) < 4.78 is 13.3. The van der Waals surface area contributed by atoms with Crippen LogP contribution >= 0.6 is 27.5 Å². The fourth-order valence-electron chi connectivity index (χ4n) is 5.63. The van der Waals surface area contributed by atoms with E-state index in [0.717, 1.165) is 32.3 Å². The van der Waals surface area contributed by atoms with Crippen LogP contribution in [0.15, 0.2) is 137 Å². The third-order valence-corrected chi connectivity index (χ3v) is 9.20. The minimum atomic E-state index is -1.38. The number of nitrogens with zero attached hydrogens (tertiary/aromatic N) is 1. The SMILES string of the molecule is O=C(NNCc1ccc(Cl)cc1)[C@@]1(Cc2ccccc2Br)N=C(c2ccc(OCCCO)cc2)O[C@H]1c1ccc(-c2ccccc2)cc1. The fraction of sp³-hybridized carbons (Fsp3) is 0.179. The summed E-state index contributed by atoms with van der Waals surface area (Å²) in [6.45, 7) is 0.860. The van der Waals surface area contributed by atoms with Crippen molar-refractivity contribution < 1.29 is 19.4 Å². The van der Waals surface area contributed by atoms with E-state index in [1.807, 2.05) is 115 Å². The lowest BCUT2D eigenvalue weighted by Crippen LogP contribution is -2.53. The van der Waals surface area contributed by atoms with Gasteiger partial charge >= 0.3 is 0 Å². The monoisotopic (exact) mass is 723 g/mol. The molecular weight excluding hydrogens is 690 g/mol. The Labute approximate surface area is 293 Å². The lowest BCUT2D eigenvalue weighted by atomic mass is 9.82. The van der Waals surface area contributed by atoms with Gasteiger partial charge in [0.15, 0.2) is 11.6 Å². The molecule has 244 valence electrons. The number of hydrogen-bond donors (Lipinski definition) is 3. The molecule has 0 saturated carbocycles. The molecule has 9 heteroatoms. The molecule has 1 amide bonds. The van der Waals surface area contributed by atoms with Crippen molar-refractivity contribution in [1.29, 1.82) is 0 Å². The Bertz CT molecular complexity index is 1850. The first-order chi connectivity index (χ1) is 23.4. The van der Waals surface area contributed by atoms with Gasteiger partial charge in [0.05, 0.1) is 6.61 Å². The standard InChI is InChI=1S/C39H35BrClN3O4/c40-35-10-5-4-9-32(35)25-39(38(46)44-42-26-27-11-19-33(41)20-12-27)36(30-15-13-29(14-16-30)28-7-2-1-3-8-28)48-37(43-39)31-17-21-34(22-18-31)47-24-6-23-45/h1-5,7-22,36,42,45H,6,23-26H2,(H,44,46)/t36-,39-/m0/s1. The molecule has 3 N–H and O–H groups in total. The molecule has 7 nitrogen and oxygen atoms in total. The number of hydrazine groups is 1. The summed E-state index contributed by atoms with van der Waals surface area (Å²) in [5.74, 6) is 0.694. The highest BCUT2D eigenvalue weighted by atomic mass is 79.9. The molecule has 0 aromatic heterocycles. The van der Waals surface area contributed by atoms with E-state index >= 15 is 0 Å². The van der Waals surface area contributed by atoms with Gasteiger partial charge in [0.25, 0.3) is 5.91 Å². The first kappa shape index (κ1) is 33.4. The van der Waals surface area contributed by atoms with Gasteiger partial charge in [0.2, 0.25) is 5.90 Å². The maximum Gasteiger partial charge on any atom is 0.266 e. The van der Waals surface area contributed by atoms with Crippen molar-refractivity contribution >= 4 is 39.3 Å². The topological polar surface area (TPSA) is 92.2 Å². The number of nitrogens with one attached hydrogen (secondary N) is 2. The van der Waals surface area contributed by atoms with Crippen LogP contribution in [0.2, 0.25) is 5.02 Å². The second-order valence-electron chi connectivity index (χ2n) is 11.5. The van der Waals surface area contributed by atoms with Gasteiger partial charge in [-0.05, 0) is 70.3 Å². The van der Waals surface area contributed by atoms with Crippen molar-refractivity contribution in [1.82, 2.24) is 10.9 Å². The van der Waals surface area contributed by atoms with E-state index in [4.69, 9.17) is 31.2 Å². The van der Waals surface area contributed by atoms with Gasteiger partial charge in [0.1, 0.15) is 5.75 Å². The van der Waals surface area contributed by atoms with Crippen molar-refractivity contribution in [2.75, 3.05) is 13.2 Å². The molecule has 1 aliphatic heterocycles. The normalized spacial score (nSPS) is 17.0. The zero-order valence-corrected chi connectivity index (χ0v) is 28.5. The van der Waals surface area contributed by atoms with Crippen LogP contribution in [0.25, 0.3) is 11.1 Å². The van der Waals surface area contributed by atoms with Gasteiger partial charge in [-0.1, -0.05) is 112 Å². The second kappa shape index (κ2) is 15.6. The predicted octanol–water partition coefficient (Wildman–Crippen LogP) is 7.85. The van der Waals surface area contributed by atoms with E-state index in [1.54, 1.807) is 0 Å². The number of carbonyl (C=O) groups excluding carboxylic acids is 1. The van der Waals surface area contributed by atoms with Gasteiger partial charge in [-0.15, -0.1) is 0 Å². The third kappa shape index (κ3) is 7.80. The minimum absolute atomic E-state index is 0.0622. The van der Waals surface area contributed by atoms with Gasteiger partial charge in [0, 0.05) is 41.1 Å². The Balaban J connectivity index is 1.38. The zero-order chi connectivity index (χ0) is 33.3. The molecule has 6 rings (SSSR count). The van der Waals surface area contributed by atoms with E-state index < -0.39 is 11.6 Å². The number of hydrogen-bond acceptors (Lipinski definition) is 6. The summed E-state index contributed by atoms with van der Waals surface area (Å²) in [6.07, 6.45) is 0.0585. The van der Waals surface area contributed by atoms with Crippen LogP contribution < -0.4 is 15.6 Å². The molecule has 0 radical (unpaired) electrons. The minimum Gasteiger partial charge on any atom is -0.494 e. The molecule has 0 spiro atoms. The number of aliphatic imine (C=N–C) groups is 1. The first-order valence-electron chi connectivity index (χ1n) is 15.7. The van der Waals surface area contributed by atoms with Crippen molar-refractivity contribution in [2.24, 2.45) is 4.99 Å². The molecule has 48 heavy (non-hydrogen) atoms. The average molecular weight is 725 g/mol. The molecule has 0 aliphatic carbocycles. The van der Waals surface area contributed by atoms with Crippen LogP contribution in [0.4, 0.5) is 0 Å². The van der Waals surface area contributed by atoms with Crippen LogP contribution in [0, 0.1) is 0 Å². The highest BCUT2D eigenvalue weighted by Crippen LogP contribution is 2.43. The summed E-state index contributed by atoms with van der Waals surface area (Å²) in [4.78, 5) is 19.7. The van der Waals surface area contributed by atoms with Crippen molar-refractivity contribution in [3.63, 3.8) is 0 Å². The van der Waals surface area contributed by atoms with Crippen molar-refractivity contribution in [3.8, 4) is 16.9 Å². The number of carbonyl (C=O) groups is 1. The summed E-state index contributed by atoms with van der Waals surface area (Å²) in [6, 6.07) is 40.9. The quantitative estimate of drug-likeness (QED) is 0.0850. The Kier molecular flexibility index (Phi) is 10.9. The number of aliphatic hydroxyl groups excluding tert-OH is 1. The number of amides is 1. The maximum atomic E-state index is 14.5. The Morgan fingerprint density at radius 3 is 2.23 bits per heavy atom. The van der Waals surface area contributed by atoms with Crippen LogP contribution in [0.3, 0.4) is 0 Å². The average Bonchev–Trinajstić information content (AvgIpc) is 3.51. The first-order valence-corrected chi connectivity index (χ1v) is 16.9. The third-order valence-electron chi connectivity index (χ3n) is 8.18. The maximum absolute atomic E-state index is 14.5. The second-order valence-corrected chi connectivity index (χ2v) is 12.8. The van der Waals surface area contributed by atoms with Crippen LogP contribution in [0.1, 0.15) is 34.8 Å². The number of halogens is 2. The molecule has 1 aliphatic rings. The largest absolute Gasteiger partial charge is 0.494 e. The lowest BCUT2D eigenvalue weighted by Gasteiger charge is -2.31.